The summed E-state index contributed by atoms with van der Waals surface area (Å²) in [5.41, 5.74) is 1.37. The van der Waals surface area contributed by atoms with Crippen molar-refractivity contribution >= 4 is 34.6 Å². The van der Waals surface area contributed by atoms with Crippen LogP contribution in [0, 0.1) is 0 Å². The van der Waals surface area contributed by atoms with Gasteiger partial charge in [-0.05, 0) is 111 Å². The lowest BCUT2D eigenvalue weighted by Crippen LogP contribution is -2.48. The van der Waals surface area contributed by atoms with Crippen LogP contribution in [0.2, 0.25) is 0 Å². The number of ether oxygens (including phenoxy) is 4. The molecule has 0 amide bonds. The molecule has 8 rings (SSSR count). The Hall–Kier alpha value is -3.92. The second-order valence-electron chi connectivity index (χ2n) is 17.8. The van der Waals surface area contributed by atoms with E-state index in [1.165, 1.54) is 25.7 Å². The molecular weight excluding hydrogens is 825 g/mol. The fourth-order valence-corrected chi connectivity index (χ4v) is 12.4. The summed E-state index contributed by atoms with van der Waals surface area (Å²) in [6, 6.07) is 16.1. The van der Waals surface area contributed by atoms with Crippen molar-refractivity contribution in [1.82, 2.24) is 20.1 Å². The zero-order valence-electron chi connectivity index (χ0n) is 36.4. The number of carbonyl (C=O) groups is 2. The topological polar surface area (TPSA) is 122 Å². The Bertz CT molecular complexity index is 1910. The molecule has 0 aromatic carbocycles. The molecule has 0 N–H and O–H groups in total. The second-order valence-corrected chi connectivity index (χ2v) is 19.8. The molecule has 14 heteroatoms. The van der Waals surface area contributed by atoms with E-state index < -0.39 is 11.9 Å². The van der Waals surface area contributed by atoms with Gasteiger partial charge in [-0.25, -0.2) is 0 Å². The first-order valence-electron chi connectivity index (χ1n) is 22.5. The normalized spacial score (nSPS) is 23.0. The molecule has 2 saturated carbocycles. The smallest absolute Gasteiger partial charge is 0.325 e. The van der Waals surface area contributed by atoms with E-state index >= 15 is 0 Å². The van der Waals surface area contributed by atoms with E-state index in [2.05, 4.69) is 24.3 Å². The molecular formula is C48H62N4O8S2. The fraction of sp³-hybridized carbons (Fsp3) is 0.583. The molecule has 2 aliphatic heterocycles. The quantitative estimate of drug-likeness (QED) is 0.0834. The summed E-state index contributed by atoms with van der Waals surface area (Å²) in [5, 5.41) is 7.43. The molecule has 12 nitrogen and oxygen atoms in total. The number of carbonyl (C=O) groups excluding carboxylic acids is 2. The molecule has 4 aromatic heterocycles. The van der Waals surface area contributed by atoms with Crippen molar-refractivity contribution in [1.29, 1.82) is 0 Å². The standard InChI is InChI=1S/C48H62N4O8S2/c1-55-37-15-31-61-39(37)33-51(27-21-45(41-11-3-9-25-49-41)23-29-57-47(35-45)17-5-6-18-47)59-43(53)13-14-44(54)60-52(34-40-38(56-2)16-32-62-40)28-22-46(42-12-4-10-26-50-42)24-30-58-48(36-46)19-7-8-20-48/h3-4,9-12,15-16,25-26,31-32H,5-8,13-14,17-24,27-30,33-36H2,1-2H3/t45-,46-/m1/s1. The van der Waals surface area contributed by atoms with Gasteiger partial charge >= 0.3 is 11.9 Å². The van der Waals surface area contributed by atoms with Crippen molar-refractivity contribution in [3.05, 3.63) is 92.8 Å². The van der Waals surface area contributed by atoms with E-state index in [0.717, 1.165) is 96.8 Å². The van der Waals surface area contributed by atoms with Gasteiger partial charge in [-0.3, -0.25) is 19.6 Å². The van der Waals surface area contributed by atoms with Crippen molar-refractivity contribution in [2.45, 2.75) is 138 Å². The third kappa shape index (κ3) is 10.5. The first-order valence-corrected chi connectivity index (χ1v) is 24.2. The maximum atomic E-state index is 13.7. The predicted molar refractivity (Wildman–Crippen MR) is 238 cm³/mol. The molecule has 6 heterocycles. The van der Waals surface area contributed by atoms with Crippen molar-refractivity contribution < 1.29 is 38.2 Å². The summed E-state index contributed by atoms with van der Waals surface area (Å²) in [7, 11) is 3.30. The number of pyridine rings is 2. The van der Waals surface area contributed by atoms with Crippen LogP contribution in [0.5, 0.6) is 11.5 Å². The van der Waals surface area contributed by atoms with Gasteiger partial charge in [0.1, 0.15) is 11.5 Å². The van der Waals surface area contributed by atoms with Gasteiger partial charge in [0, 0.05) is 60.9 Å². The zero-order chi connectivity index (χ0) is 42.9. The Labute approximate surface area is 374 Å². The largest absolute Gasteiger partial charge is 0.496 e. The van der Waals surface area contributed by atoms with Gasteiger partial charge in [-0.15, -0.1) is 32.8 Å². The number of hydroxylamine groups is 4. The minimum Gasteiger partial charge on any atom is -0.496 e. The predicted octanol–water partition coefficient (Wildman–Crippen LogP) is 9.52. The first-order chi connectivity index (χ1) is 30.2. The highest BCUT2D eigenvalue weighted by Gasteiger charge is 2.50. The summed E-state index contributed by atoms with van der Waals surface area (Å²) in [6.45, 7) is 3.02. The van der Waals surface area contributed by atoms with Crippen LogP contribution >= 0.6 is 22.7 Å². The Morgan fingerprint density at radius 1 is 0.629 bits per heavy atom. The number of nitrogens with zero attached hydrogens (tertiary/aromatic N) is 4. The van der Waals surface area contributed by atoms with Gasteiger partial charge in [0.15, 0.2) is 0 Å². The third-order valence-electron chi connectivity index (χ3n) is 13.9. The molecule has 62 heavy (non-hydrogen) atoms. The number of hydrogen-bond acceptors (Lipinski definition) is 14. The summed E-state index contributed by atoms with van der Waals surface area (Å²) in [4.78, 5) is 51.5. The Morgan fingerprint density at radius 3 is 1.45 bits per heavy atom. The van der Waals surface area contributed by atoms with Crippen molar-refractivity contribution in [2.24, 2.45) is 0 Å². The first kappa shape index (κ1) is 44.7. The average molecular weight is 887 g/mol. The van der Waals surface area contributed by atoms with E-state index in [1.807, 2.05) is 47.4 Å². The van der Waals surface area contributed by atoms with Crippen LogP contribution in [0.4, 0.5) is 0 Å². The summed E-state index contributed by atoms with van der Waals surface area (Å²) in [6.07, 6.45) is 17.3. The van der Waals surface area contributed by atoms with Gasteiger partial charge in [0.05, 0.1) is 61.1 Å². The molecule has 0 radical (unpaired) electrons. The van der Waals surface area contributed by atoms with Crippen LogP contribution in [0.3, 0.4) is 0 Å². The van der Waals surface area contributed by atoms with E-state index in [4.69, 9.17) is 38.6 Å². The third-order valence-corrected chi connectivity index (χ3v) is 15.7. The van der Waals surface area contributed by atoms with E-state index in [1.54, 1.807) is 47.0 Å². The van der Waals surface area contributed by atoms with Crippen molar-refractivity contribution in [3.63, 3.8) is 0 Å². The number of methoxy groups -OCH3 is 2. The highest BCUT2D eigenvalue weighted by Crippen LogP contribution is 2.51. The minimum absolute atomic E-state index is 0.132. The number of aromatic nitrogens is 2. The van der Waals surface area contributed by atoms with Gasteiger partial charge in [-0.1, -0.05) is 37.8 Å². The fourth-order valence-electron chi connectivity index (χ4n) is 10.7. The lowest BCUT2D eigenvalue weighted by molar-refractivity contribution is -0.203. The molecule has 2 spiro atoms. The Balaban J connectivity index is 0.947. The van der Waals surface area contributed by atoms with Gasteiger partial charge in [0.25, 0.3) is 0 Å². The van der Waals surface area contributed by atoms with Crippen molar-refractivity contribution in [2.75, 3.05) is 40.5 Å². The second kappa shape index (κ2) is 20.3. The molecule has 334 valence electrons. The molecule has 4 aliphatic rings. The molecule has 0 bridgehead atoms. The van der Waals surface area contributed by atoms with Crippen LogP contribution in [0.15, 0.2) is 71.7 Å². The maximum Gasteiger partial charge on any atom is 0.325 e. The summed E-state index contributed by atoms with van der Waals surface area (Å²) in [5.74, 6) is 0.518. The minimum atomic E-state index is -0.492. The Morgan fingerprint density at radius 2 is 1.06 bits per heavy atom. The number of rotatable bonds is 19. The lowest BCUT2D eigenvalue weighted by atomic mass is 9.68. The van der Waals surface area contributed by atoms with Crippen LogP contribution in [0.1, 0.15) is 124 Å². The van der Waals surface area contributed by atoms with E-state index in [9.17, 15) is 9.59 Å². The number of hydrogen-bond donors (Lipinski definition) is 0. The molecule has 0 unspecified atom stereocenters. The average Bonchev–Trinajstić information content (AvgIpc) is 4.14. The van der Waals surface area contributed by atoms with Crippen LogP contribution < -0.4 is 9.47 Å². The highest BCUT2D eigenvalue weighted by atomic mass is 32.1. The lowest BCUT2D eigenvalue weighted by Gasteiger charge is -2.47. The number of thiophene rings is 2. The summed E-state index contributed by atoms with van der Waals surface area (Å²) < 4.78 is 24.3. The van der Waals surface area contributed by atoms with E-state index in [0.29, 0.717) is 39.4 Å². The van der Waals surface area contributed by atoms with Gasteiger partial charge in [0.2, 0.25) is 0 Å². The van der Waals surface area contributed by atoms with Crippen LogP contribution in [-0.2, 0) is 52.7 Å². The van der Waals surface area contributed by atoms with E-state index in [-0.39, 0.29) is 34.9 Å². The molecule has 2 saturated heterocycles. The molecule has 2 aliphatic carbocycles. The molecule has 4 fully saturated rings. The maximum absolute atomic E-state index is 13.7. The monoisotopic (exact) mass is 886 g/mol. The highest BCUT2D eigenvalue weighted by molar-refractivity contribution is 7.10. The zero-order valence-corrected chi connectivity index (χ0v) is 38.0. The van der Waals surface area contributed by atoms with Gasteiger partial charge < -0.3 is 28.6 Å². The molecule has 4 aromatic rings. The molecule has 2 atom stereocenters. The van der Waals surface area contributed by atoms with Gasteiger partial charge in [-0.2, -0.15) is 0 Å². The van der Waals surface area contributed by atoms with Crippen molar-refractivity contribution in [3.8, 4) is 11.5 Å². The van der Waals surface area contributed by atoms with Crippen LogP contribution in [-0.4, -0.2) is 83.8 Å². The van der Waals surface area contributed by atoms with Crippen LogP contribution in [0.25, 0.3) is 0 Å². The summed E-state index contributed by atoms with van der Waals surface area (Å²) >= 11 is 3.12. The Kier molecular flexibility index (Phi) is 14.6. The SMILES string of the molecule is COc1ccsc1CN(CC[C@@]1(c2ccccn2)CCOC2(CCCC2)C1)OC(=O)CCC(=O)ON(CC[C@@]1(c2ccccn2)CCOC2(CCCC2)C1)Cc1sccc1OC.